The van der Waals surface area contributed by atoms with Crippen molar-refractivity contribution in [3.8, 4) is 5.75 Å². The van der Waals surface area contributed by atoms with Crippen molar-refractivity contribution in [2.75, 3.05) is 4.72 Å². The topological polar surface area (TPSA) is 96.9 Å². The van der Waals surface area contributed by atoms with E-state index < -0.39 is 15.5 Å². The van der Waals surface area contributed by atoms with Crippen molar-refractivity contribution in [1.82, 2.24) is 5.32 Å². The van der Waals surface area contributed by atoms with E-state index in [0.717, 1.165) is 35.0 Å². The number of sulfonamides is 1. The quantitative estimate of drug-likeness (QED) is 0.296. The van der Waals surface area contributed by atoms with Crippen LogP contribution in [0.25, 0.3) is 6.08 Å². The van der Waals surface area contributed by atoms with Crippen molar-refractivity contribution in [2.45, 2.75) is 12.1 Å². The van der Waals surface area contributed by atoms with Crippen LogP contribution in [0.3, 0.4) is 0 Å². The molecule has 0 bridgehead atoms. The Morgan fingerprint density at radius 3 is 2.24 bits per heavy atom. The molecule has 37 heavy (non-hydrogen) atoms. The molecule has 192 valence electrons. The van der Waals surface area contributed by atoms with Gasteiger partial charge in [-0.15, -0.1) is 0 Å². The summed E-state index contributed by atoms with van der Waals surface area (Å²) < 4.78 is 79.9. The summed E-state index contributed by atoms with van der Waals surface area (Å²) in [5.74, 6) is -0.107. The molecule has 2 N–H and O–H groups in total. The van der Waals surface area contributed by atoms with E-state index in [-0.39, 0.29) is 29.2 Å². The van der Waals surface area contributed by atoms with Crippen LogP contribution in [0, 0.1) is 5.82 Å². The van der Waals surface area contributed by atoms with E-state index in [2.05, 4.69) is 10.3 Å². The maximum atomic E-state index is 13.0. The highest BCUT2D eigenvalue weighted by Crippen LogP contribution is 2.30. The number of thioether (sulfide) groups is 1. The third-order valence-electron chi connectivity index (χ3n) is 4.80. The fraction of sp³-hybridized carbons (Fsp3) is 0.0833. The first-order chi connectivity index (χ1) is 17.5. The van der Waals surface area contributed by atoms with E-state index in [0.29, 0.717) is 16.3 Å². The van der Waals surface area contributed by atoms with Crippen molar-refractivity contribution in [2.24, 2.45) is 4.99 Å². The molecule has 7 nitrogen and oxygen atoms in total. The summed E-state index contributed by atoms with van der Waals surface area (Å²) >= 11 is 1.07. The van der Waals surface area contributed by atoms with Crippen LogP contribution in [0.5, 0.6) is 5.75 Å². The second kappa shape index (κ2) is 10.6. The van der Waals surface area contributed by atoms with Gasteiger partial charge in [-0.05, 0) is 77.5 Å². The monoisotopic (exact) mass is 551 g/mol. The summed E-state index contributed by atoms with van der Waals surface area (Å²) in [4.78, 5) is 16.9. The van der Waals surface area contributed by atoms with Crippen LogP contribution < -0.4 is 14.8 Å². The third-order valence-corrected chi connectivity index (χ3v) is 6.83. The van der Waals surface area contributed by atoms with Gasteiger partial charge in [-0.1, -0.05) is 24.3 Å². The fourth-order valence-corrected chi connectivity index (χ4v) is 4.38. The van der Waals surface area contributed by atoms with Crippen LogP contribution in [-0.4, -0.2) is 25.0 Å². The van der Waals surface area contributed by atoms with Gasteiger partial charge in [-0.25, -0.2) is 9.38 Å². The van der Waals surface area contributed by atoms with Gasteiger partial charge >= 0.3 is 15.5 Å². The van der Waals surface area contributed by atoms with Crippen molar-refractivity contribution < 1.29 is 35.5 Å². The second-order valence-corrected chi connectivity index (χ2v) is 10.3. The molecule has 1 amide bonds. The number of benzene rings is 3. The molecule has 0 saturated carbocycles. The van der Waals surface area contributed by atoms with Gasteiger partial charge in [0.1, 0.15) is 18.2 Å². The number of hydrogen-bond acceptors (Lipinski definition) is 6. The molecule has 1 heterocycles. The number of nitrogens with zero attached hydrogens (tertiary/aromatic N) is 1. The van der Waals surface area contributed by atoms with Crippen molar-refractivity contribution in [3.63, 3.8) is 0 Å². The van der Waals surface area contributed by atoms with Crippen LogP contribution >= 0.6 is 11.8 Å². The summed E-state index contributed by atoms with van der Waals surface area (Å²) in [7, 11) is -5.53. The van der Waals surface area contributed by atoms with Crippen LogP contribution in [0.4, 0.5) is 28.9 Å². The van der Waals surface area contributed by atoms with Gasteiger partial charge in [0.25, 0.3) is 5.91 Å². The lowest BCUT2D eigenvalue weighted by atomic mass is 10.2. The van der Waals surface area contributed by atoms with Crippen LogP contribution in [0.2, 0.25) is 0 Å². The fourth-order valence-electron chi connectivity index (χ4n) is 2.97. The summed E-state index contributed by atoms with van der Waals surface area (Å²) in [6.07, 6.45) is 1.65. The average molecular weight is 552 g/mol. The molecule has 0 atom stereocenters. The first-order valence-electron chi connectivity index (χ1n) is 10.4. The Bertz CT molecular complexity index is 1450. The van der Waals surface area contributed by atoms with Gasteiger partial charge in [-0.2, -0.15) is 21.6 Å². The Morgan fingerprint density at radius 2 is 1.62 bits per heavy atom. The number of hydrogen-bond donors (Lipinski definition) is 2. The summed E-state index contributed by atoms with van der Waals surface area (Å²) in [6.45, 7) is 0.272. The zero-order valence-corrected chi connectivity index (χ0v) is 20.3. The Balaban J connectivity index is 1.37. The Morgan fingerprint density at radius 1 is 0.973 bits per heavy atom. The normalized spacial score (nSPS) is 16.2. The molecule has 3 aromatic rings. The molecule has 4 rings (SSSR count). The molecular formula is C24H17F4N3O4S2. The number of rotatable bonds is 7. The molecule has 1 aliphatic rings. The first-order valence-corrected chi connectivity index (χ1v) is 12.7. The lowest BCUT2D eigenvalue weighted by molar-refractivity contribution is -0.115. The van der Waals surface area contributed by atoms with E-state index in [4.69, 9.17) is 4.74 Å². The van der Waals surface area contributed by atoms with E-state index >= 15 is 0 Å². The largest absolute Gasteiger partial charge is 0.516 e. The molecule has 3 aromatic carbocycles. The number of amides is 1. The van der Waals surface area contributed by atoms with E-state index in [9.17, 15) is 30.8 Å². The molecule has 0 spiro atoms. The van der Waals surface area contributed by atoms with Gasteiger partial charge in [0.15, 0.2) is 5.17 Å². The number of alkyl halides is 3. The van der Waals surface area contributed by atoms with Crippen molar-refractivity contribution in [3.05, 3.63) is 94.6 Å². The minimum atomic E-state index is -5.53. The SMILES string of the molecule is O=C1NC(=Nc2ccc(NS(=O)(=O)C(F)(F)F)cc2)S/C1=C/c1ccc(OCc2ccc(F)cc2)cc1. The highest BCUT2D eigenvalue weighted by Gasteiger charge is 2.46. The standard InChI is InChI=1S/C24H17F4N3O4S2/c25-17-5-1-16(2-6-17)14-35-20-11-3-15(4-12-20)13-21-22(32)30-23(36-21)29-18-7-9-19(10-8-18)31-37(33,34)24(26,27)28/h1-13,31H,14H2,(H,29,30,32)/b21-13+. The molecule has 1 fully saturated rings. The van der Waals surface area contributed by atoms with E-state index in [1.807, 2.05) is 0 Å². The van der Waals surface area contributed by atoms with Gasteiger partial charge in [0.05, 0.1) is 10.6 Å². The minimum Gasteiger partial charge on any atom is -0.489 e. The number of halogens is 4. The zero-order valence-electron chi connectivity index (χ0n) is 18.6. The number of ether oxygens (including phenoxy) is 1. The maximum absolute atomic E-state index is 13.0. The Kier molecular flexibility index (Phi) is 7.55. The molecular weight excluding hydrogens is 534 g/mol. The molecule has 0 aliphatic carbocycles. The predicted molar refractivity (Wildman–Crippen MR) is 133 cm³/mol. The van der Waals surface area contributed by atoms with E-state index in [1.165, 1.54) is 29.0 Å². The van der Waals surface area contributed by atoms with Gasteiger partial charge < -0.3 is 10.1 Å². The van der Waals surface area contributed by atoms with E-state index in [1.54, 1.807) is 42.5 Å². The van der Waals surface area contributed by atoms with Crippen LogP contribution in [0.1, 0.15) is 11.1 Å². The van der Waals surface area contributed by atoms with Crippen molar-refractivity contribution >= 4 is 50.3 Å². The maximum Gasteiger partial charge on any atom is 0.516 e. The number of amidine groups is 1. The molecule has 0 aromatic heterocycles. The average Bonchev–Trinajstić information content (AvgIpc) is 3.18. The molecule has 1 saturated heterocycles. The Hall–Kier alpha value is -3.84. The Labute approximate surface area is 213 Å². The second-order valence-electron chi connectivity index (χ2n) is 7.56. The lowest BCUT2D eigenvalue weighted by Gasteiger charge is -2.10. The number of carbonyl (C=O) groups is 1. The number of aliphatic imine (C=N–C) groups is 1. The van der Waals surface area contributed by atoms with Gasteiger partial charge in [-0.3, -0.25) is 9.52 Å². The minimum absolute atomic E-state index is 0.249. The summed E-state index contributed by atoms with van der Waals surface area (Å²) in [6, 6.07) is 17.8. The third kappa shape index (κ3) is 6.89. The molecule has 13 heteroatoms. The number of anilines is 1. The number of nitrogens with one attached hydrogen (secondary N) is 2. The summed E-state index contributed by atoms with van der Waals surface area (Å²) in [5, 5.41) is 2.84. The lowest BCUT2D eigenvalue weighted by Crippen LogP contribution is -2.29. The molecule has 0 unspecified atom stereocenters. The highest BCUT2D eigenvalue weighted by atomic mass is 32.2. The summed E-state index contributed by atoms with van der Waals surface area (Å²) in [5.41, 5.74) is -3.88. The first kappa shape index (κ1) is 26.2. The number of carbonyl (C=O) groups excluding carboxylic acids is 1. The van der Waals surface area contributed by atoms with Gasteiger partial charge in [0.2, 0.25) is 0 Å². The van der Waals surface area contributed by atoms with Gasteiger partial charge in [0, 0.05) is 5.69 Å². The predicted octanol–water partition coefficient (Wildman–Crippen LogP) is 5.56. The van der Waals surface area contributed by atoms with Crippen LogP contribution in [0.15, 0.2) is 82.7 Å². The highest BCUT2D eigenvalue weighted by molar-refractivity contribution is 8.18. The van der Waals surface area contributed by atoms with Crippen LogP contribution in [-0.2, 0) is 21.4 Å². The smallest absolute Gasteiger partial charge is 0.489 e. The molecule has 0 radical (unpaired) electrons. The zero-order chi connectivity index (χ0) is 26.6. The van der Waals surface area contributed by atoms with Crippen molar-refractivity contribution in [1.29, 1.82) is 0 Å². The molecule has 1 aliphatic heterocycles.